The molecule has 0 fully saturated rings. The van der Waals surface area contributed by atoms with Crippen molar-refractivity contribution in [1.29, 1.82) is 0 Å². The zero-order valence-corrected chi connectivity index (χ0v) is 12.0. The van der Waals surface area contributed by atoms with Crippen molar-refractivity contribution in [2.24, 2.45) is 5.10 Å². The summed E-state index contributed by atoms with van der Waals surface area (Å²) in [5, 5.41) is 13.3. The number of nitrogens with zero attached hydrogens (tertiary/aromatic N) is 1. The fourth-order valence-electron chi connectivity index (χ4n) is 1.89. The Morgan fingerprint density at radius 2 is 1.95 bits per heavy atom. The third-order valence-corrected chi connectivity index (χ3v) is 3.02. The highest BCUT2D eigenvalue weighted by Gasteiger charge is 2.13. The Labute approximate surface area is 126 Å². The maximum Gasteiger partial charge on any atom is 0.271 e. The second kappa shape index (κ2) is 6.34. The van der Waals surface area contributed by atoms with E-state index in [1.54, 1.807) is 18.2 Å². The van der Waals surface area contributed by atoms with Gasteiger partial charge in [0, 0.05) is 17.2 Å². The van der Waals surface area contributed by atoms with E-state index in [1.165, 1.54) is 6.92 Å². The molecule has 0 heterocycles. The van der Waals surface area contributed by atoms with Crippen LogP contribution in [0.2, 0.25) is 0 Å². The molecule has 0 atom stereocenters. The Balaban J connectivity index is 2.22. The Morgan fingerprint density at radius 3 is 2.64 bits per heavy atom. The highest BCUT2D eigenvalue weighted by Crippen LogP contribution is 2.23. The van der Waals surface area contributed by atoms with Gasteiger partial charge in [0.25, 0.3) is 5.91 Å². The molecule has 0 unspecified atom stereocenters. The van der Waals surface area contributed by atoms with Crippen molar-refractivity contribution >= 4 is 11.6 Å². The lowest BCUT2D eigenvalue weighted by atomic mass is 10.1. The minimum absolute atomic E-state index is 0.0805. The molecule has 2 aromatic carbocycles. The van der Waals surface area contributed by atoms with Crippen LogP contribution >= 0.6 is 0 Å². The van der Waals surface area contributed by atoms with E-state index in [-0.39, 0.29) is 11.3 Å². The van der Waals surface area contributed by atoms with Crippen molar-refractivity contribution in [2.45, 2.75) is 13.8 Å². The van der Waals surface area contributed by atoms with Gasteiger partial charge in [-0.2, -0.15) is 5.10 Å². The van der Waals surface area contributed by atoms with Crippen molar-refractivity contribution < 1.29 is 18.7 Å². The van der Waals surface area contributed by atoms with E-state index in [4.69, 9.17) is 0 Å². The summed E-state index contributed by atoms with van der Waals surface area (Å²) in [5.74, 6) is -3.11. The highest BCUT2D eigenvalue weighted by atomic mass is 19.1. The largest absolute Gasteiger partial charge is 0.504 e. The first kappa shape index (κ1) is 15.6. The molecule has 0 saturated heterocycles. The number of phenols is 1. The fraction of sp³-hybridized carbons (Fsp3) is 0.125. The minimum Gasteiger partial charge on any atom is -0.504 e. The molecule has 0 bridgehead atoms. The summed E-state index contributed by atoms with van der Waals surface area (Å²) in [4.78, 5) is 11.9. The van der Waals surface area contributed by atoms with E-state index >= 15 is 0 Å². The maximum absolute atomic E-state index is 13.3. The third kappa shape index (κ3) is 3.46. The molecule has 1 amide bonds. The van der Waals surface area contributed by atoms with Crippen molar-refractivity contribution in [1.82, 2.24) is 5.43 Å². The molecule has 0 aromatic heterocycles. The Morgan fingerprint density at radius 1 is 1.23 bits per heavy atom. The highest BCUT2D eigenvalue weighted by molar-refractivity contribution is 6.02. The number of hydrogen-bond donors (Lipinski definition) is 2. The summed E-state index contributed by atoms with van der Waals surface area (Å²) >= 11 is 0. The lowest BCUT2D eigenvalue weighted by Gasteiger charge is -2.06. The average molecular weight is 304 g/mol. The number of phenolic OH excluding ortho intramolecular Hbond substituents is 1. The van der Waals surface area contributed by atoms with E-state index in [9.17, 15) is 18.7 Å². The molecule has 0 aliphatic heterocycles. The second-order valence-corrected chi connectivity index (χ2v) is 4.79. The first-order valence-corrected chi connectivity index (χ1v) is 6.48. The van der Waals surface area contributed by atoms with Gasteiger partial charge >= 0.3 is 0 Å². The van der Waals surface area contributed by atoms with E-state index in [1.807, 2.05) is 13.0 Å². The molecule has 0 aliphatic carbocycles. The summed E-state index contributed by atoms with van der Waals surface area (Å²) in [6.07, 6.45) is 0. The standard InChI is InChI=1S/C16H14F2N2O2/c1-9-4-3-5-11(6-9)16(22)20-19-10(2)13-7-12(17)8-14(18)15(13)21/h3-8,21H,1-2H3,(H,20,22)/b19-10+. The number of halogens is 2. The molecule has 2 aromatic rings. The van der Waals surface area contributed by atoms with Gasteiger partial charge in [-0.05, 0) is 32.0 Å². The molecule has 0 saturated carbocycles. The lowest BCUT2D eigenvalue weighted by Crippen LogP contribution is -2.19. The normalized spacial score (nSPS) is 11.4. The van der Waals surface area contributed by atoms with E-state index in [2.05, 4.69) is 10.5 Å². The second-order valence-electron chi connectivity index (χ2n) is 4.79. The van der Waals surface area contributed by atoms with Crippen molar-refractivity contribution in [2.75, 3.05) is 0 Å². The number of benzene rings is 2. The van der Waals surface area contributed by atoms with Crippen LogP contribution in [0.25, 0.3) is 0 Å². The minimum atomic E-state index is -1.09. The Hall–Kier alpha value is -2.76. The predicted octanol–water partition coefficient (Wildman–Crippen LogP) is 3.13. The smallest absolute Gasteiger partial charge is 0.271 e. The van der Waals surface area contributed by atoms with Gasteiger partial charge in [-0.15, -0.1) is 0 Å². The zero-order chi connectivity index (χ0) is 16.3. The van der Waals surface area contributed by atoms with Gasteiger partial charge in [0.1, 0.15) is 5.82 Å². The maximum atomic E-state index is 13.3. The molecular weight excluding hydrogens is 290 g/mol. The first-order valence-electron chi connectivity index (χ1n) is 6.48. The van der Waals surface area contributed by atoms with Gasteiger partial charge in [-0.25, -0.2) is 14.2 Å². The molecule has 4 nitrogen and oxygen atoms in total. The fourth-order valence-corrected chi connectivity index (χ4v) is 1.89. The van der Waals surface area contributed by atoms with Gasteiger partial charge < -0.3 is 5.11 Å². The number of aromatic hydroxyl groups is 1. The van der Waals surface area contributed by atoms with Crippen LogP contribution in [0.3, 0.4) is 0 Å². The van der Waals surface area contributed by atoms with Crippen molar-refractivity contribution in [3.05, 3.63) is 64.7 Å². The van der Waals surface area contributed by atoms with Crippen LogP contribution in [0.15, 0.2) is 41.5 Å². The van der Waals surface area contributed by atoms with Gasteiger partial charge in [0.05, 0.1) is 5.71 Å². The number of carbonyl (C=O) groups excluding carboxylic acids is 1. The van der Waals surface area contributed by atoms with Crippen LogP contribution in [0.5, 0.6) is 5.75 Å². The van der Waals surface area contributed by atoms with Gasteiger partial charge in [0.15, 0.2) is 11.6 Å². The number of amides is 1. The third-order valence-electron chi connectivity index (χ3n) is 3.02. The van der Waals surface area contributed by atoms with Crippen LogP contribution in [0, 0.1) is 18.6 Å². The number of hydrogen-bond acceptors (Lipinski definition) is 3. The van der Waals surface area contributed by atoms with E-state index in [0.29, 0.717) is 11.6 Å². The number of aryl methyl sites for hydroxylation is 1. The summed E-state index contributed by atoms with van der Waals surface area (Å²) in [5.41, 5.74) is 3.56. The quantitative estimate of drug-likeness (QED) is 0.676. The molecule has 0 aliphatic rings. The number of rotatable bonds is 3. The molecule has 6 heteroatoms. The monoisotopic (exact) mass is 304 g/mol. The molecule has 114 valence electrons. The predicted molar refractivity (Wildman–Crippen MR) is 78.9 cm³/mol. The summed E-state index contributed by atoms with van der Waals surface area (Å²) in [6.45, 7) is 3.27. The molecule has 0 radical (unpaired) electrons. The van der Waals surface area contributed by atoms with Crippen LogP contribution in [0.1, 0.15) is 28.4 Å². The lowest BCUT2D eigenvalue weighted by molar-refractivity contribution is 0.0954. The molecule has 2 N–H and O–H groups in total. The Bertz CT molecular complexity index is 758. The summed E-state index contributed by atoms with van der Waals surface area (Å²) in [6, 6.07) is 8.38. The first-order chi connectivity index (χ1) is 10.4. The Kier molecular flexibility index (Phi) is 4.50. The summed E-state index contributed by atoms with van der Waals surface area (Å²) in [7, 11) is 0. The van der Waals surface area contributed by atoms with Crippen LogP contribution < -0.4 is 5.43 Å². The molecule has 22 heavy (non-hydrogen) atoms. The molecule has 2 rings (SSSR count). The van der Waals surface area contributed by atoms with Gasteiger partial charge in [-0.1, -0.05) is 17.7 Å². The number of carbonyl (C=O) groups is 1. The van der Waals surface area contributed by atoms with E-state index < -0.39 is 23.3 Å². The number of hydrazone groups is 1. The van der Waals surface area contributed by atoms with Gasteiger partial charge in [-0.3, -0.25) is 4.79 Å². The number of nitrogens with one attached hydrogen (secondary N) is 1. The molecular formula is C16H14F2N2O2. The molecule has 0 spiro atoms. The van der Waals surface area contributed by atoms with Crippen LogP contribution in [0.4, 0.5) is 8.78 Å². The zero-order valence-electron chi connectivity index (χ0n) is 12.0. The average Bonchev–Trinajstić information content (AvgIpc) is 2.48. The van der Waals surface area contributed by atoms with E-state index in [0.717, 1.165) is 11.6 Å². The topological polar surface area (TPSA) is 61.7 Å². The summed E-state index contributed by atoms with van der Waals surface area (Å²) < 4.78 is 26.5. The van der Waals surface area contributed by atoms with Crippen LogP contribution in [-0.4, -0.2) is 16.7 Å². The SMILES string of the molecule is C/C(=N\NC(=O)c1cccc(C)c1)c1cc(F)cc(F)c1O. The van der Waals surface area contributed by atoms with Crippen molar-refractivity contribution in [3.63, 3.8) is 0 Å². The van der Waals surface area contributed by atoms with Gasteiger partial charge in [0.2, 0.25) is 0 Å². The van der Waals surface area contributed by atoms with Crippen LogP contribution in [-0.2, 0) is 0 Å². The van der Waals surface area contributed by atoms with Crippen molar-refractivity contribution in [3.8, 4) is 5.75 Å².